The van der Waals surface area contributed by atoms with Crippen LogP contribution < -0.4 is 5.32 Å². The van der Waals surface area contributed by atoms with Crippen molar-refractivity contribution in [2.24, 2.45) is 0 Å². The van der Waals surface area contributed by atoms with Gasteiger partial charge in [0.05, 0.1) is 0 Å². The first-order chi connectivity index (χ1) is 11.3. The summed E-state index contributed by atoms with van der Waals surface area (Å²) in [7, 11) is 0. The van der Waals surface area contributed by atoms with E-state index in [1.807, 2.05) is 12.5 Å². The Balaban J connectivity index is 2.04. The molecule has 132 valence electrons. The predicted molar refractivity (Wildman–Crippen MR) is 104 cm³/mol. The zero-order valence-electron chi connectivity index (χ0n) is 14.9. The van der Waals surface area contributed by atoms with Crippen LogP contribution in [0.4, 0.5) is 5.95 Å². The van der Waals surface area contributed by atoms with Gasteiger partial charge in [-0.3, -0.25) is 0 Å². The Morgan fingerprint density at radius 1 is 0.696 bits per heavy atom. The quantitative estimate of drug-likeness (QED) is 0.343. The molecular formula is C17H32N4S2. The third-order valence-corrected chi connectivity index (χ3v) is 4.87. The van der Waals surface area contributed by atoms with Crippen molar-refractivity contribution in [3.05, 3.63) is 0 Å². The number of nitrogens with one attached hydrogen (secondary N) is 1. The molecule has 0 atom stereocenters. The fourth-order valence-corrected chi connectivity index (χ4v) is 3.18. The lowest BCUT2D eigenvalue weighted by Gasteiger charge is -2.07. The number of unbranched alkanes of at least 4 members (excludes halogenated alkanes) is 9. The van der Waals surface area contributed by atoms with Gasteiger partial charge in [0.25, 0.3) is 0 Å². The summed E-state index contributed by atoms with van der Waals surface area (Å²) >= 11 is 3.11. The highest BCUT2D eigenvalue weighted by Crippen LogP contribution is 2.16. The molecule has 0 radical (unpaired) electrons. The van der Waals surface area contributed by atoms with E-state index in [-0.39, 0.29) is 0 Å². The van der Waals surface area contributed by atoms with Crippen LogP contribution in [0.3, 0.4) is 0 Å². The minimum absolute atomic E-state index is 0.713. The molecule has 1 aromatic rings. The summed E-state index contributed by atoms with van der Waals surface area (Å²) in [5.74, 6) is 0.713. The summed E-state index contributed by atoms with van der Waals surface area (Å²) in [4.78, 5) is 13.1. The van der Waals surface area contributed by atoms with Gasteiger partial charge < -0.3 is 5.32 Å². The molecule has 0 aliphatic carbocycles. The van der Waals surface area contributed by atoms with E-state index >= 15 is 0 Å². The topological polar surface area (TPSA) is 50.7 Å². The first-order valence-electron chi connectivity index (χ1n) is 8.88. The molecular weight excluding hydrogens is 324 g/mol. The molecule has 0 bridgehead atoms. The summed E-state index contributed by atoms with van der Waals surface area (Å²) < 4.78 is 0. The average Bonchev–Trinajstić information content (AvgIpc) is 2.59. The van der Waals surface area contributed by atoms with E-state index in [9.17, 15) is 0 Å². The lowest BCUT2D eigenvalue weighted by atomic mass is 10.1. The van der Waals surface area contributed by atoms with Crippen LogP contribution >= 0.6 is 23.5 Å². The van der Waals surface area contributed by atoms with Crippen LogP contribution in [0.25, 0.3) is 0 Å². The first kappa shape index (κ1) is 20.6. The van der Waals surface area contributed by atoms with E-state index in [0.29, 0.717) is 5.95 Å². The minimum atomic E-state index is 0.713. The van der Waals surface area contributed by atoms with Gasteiger partial charge in [0.2, 0.25) is 5.95 Å². The van der Waals surface area contributed by atoms with E-state index in [0.717, 1.165) is 16.9 Å². The monoisotopic (exact) mass is 356 g/mol. The summed E-state index contributed by atoms with van der Waals surface area (Å²) in [6.45, 7) is 3.22. The van der Waals surface area contributed by atoms with Gasteiger partial charge in [-0.2, -0.15) is 15.0 Å². The van der Waals surface area contributed by atoms with Crippen molar-refractivity contribution in [1.29, 1.82) is 0 Å². The van der Waals surface area contributed by atoms with Crippen molar-refractivity contribution in [2.75, 3.05) is 24.4 Å². The highest BCUT2D eigenvalue weighted by atomic mass is 32.2. The lowest BCUT2D eigenvalue weighted by Crippen LogP contribution is -2.07. The van der Waals surface area contributed by atoms with Crippen molar-refractivity contribution in [3.8, 4) is 0 Å². The molecule has 0 spiro atoms. The van der Waals surface area contributed by atoms with Crippen LogP contribution in [0.1, 0.15) is 71.1 Å². The summed E-state index contributed by atoms with van der Waals surface area (Å²) in [6, 6.07) is 0. The molecule has 1 aromatic heterocycles. The standard InChI is InChI=1S/C17H32N4S2/c1-4-5-6-7-8-9-10-11-12-13-14-18-15-19-16(22-2)21-17(20-15)23-3/h4-14H2,1-3H3,(H,18,19,20,21). The Hall–Kier alpha value is -0.490. The molecule has 23 heavy (non-hydrogen) atoms. The lowest BCUT2D eigenvalue weighted by molar-refractivity contribution is 0.559. The molecule has 1 heterocycles. The maximum Gasteiger partial charge on any atom is 0.227 e. The number of aromatic nitrogens is 3. The second-order valence-electron chi connectivity index (χ2n) is 5.74. The molecule has 0 unspecified atom stereocenters. The van der Waals surface area contributed by atoms with Gasteiger partial charge in [-0.05, 0) is 18.9 Å². The Morgan fingerprint density at radius 3 is 1.65 bits per heavy atom. The zero-order chi connectivity index (χ0) is 16.8. The van der Waals surface area contributed by atoms with Crippen molar-refractivity contribution in [3.63, 3.8) is 0 Å². The fraction of sp³-hybridized carbons (Fsp3) is 0.824. The molecule has 0 aliphatic heterocycles. The SMILES string of the molecule is CCCCCCCCCCCCNc1nc(SC)nc(SC)n1. The predicted octanol–water partition coefficient (Wildman–Crippen LogP) is 5.65. The molecule has 0 amide bonds. The Kier molecular flexibility index (Phi) is 12.4. The fourth-order valence-electron chi connectivity index (χ4n) is 2.41. The zero-order valence-corrected chi connectivity index (χ0v) is 16.6. The number of hydrogen-bond acceptors (Lipinski definition) is 6. The van der Waals surface area contributed by atoms with Gasteiger partial charge in [-0.15, -0.1) is 0 Å². The molecule has 1 N–H and O–H groups in total. The maximum absolute atomic E-state index is 4.40. The number of hydrogen-bond donors (Lipinski definition) is 1. The minimum Gasteiger partial charge on any atom is -0.354 e. The van der Waals surface area contributed by atoms with Crippen LogP contribution in [0, 0.1) is 0 Å². The normalized spacial score (nSPS) is 10.9. The van der Waals surface area contributed by atoms with Crippen molar-refractivity contribution in [2.45, 2.75) is 81.4 Å². The van der Waals surface area contributed by atoms with Gasteiger partial charge in [0.15, 0.2) is 10.3 Å². The van der Waals surface area contributed by atoms with Crippen LogP contribution in [0.15, 0.2) is 10.3 Å². The van der Waals surface area contributed by atoms with Crippen molar-refractivity contribution >= 4 is 29.5 Å². The Morgan fingerprint density at radius 2 is 1.17 bits per heavy atom. The van der Waals surface area contributed by atoms with E-state index in [4.69, 9.17) is 0 Å². The smallest absolute Gasteiger partial charge is 0.227 e. The second kappa shape index (κ2) is 13.9. The molecule has 4 nitrogen and oxygen atoms in total. The Labute approximate surface area is 150 Å². The van der Waals surface area contributed by atoms with E-state index < -0.39 is 0 Å². The van der Waals surface area contributed by atoms with Crippen LogP contribution in [-0.2, 0) is 0 Å². The number of rotatable bonds is 14. The van der Waals surface area contributed by atoms with Gasteiger partial charge in [0.1, 0.15) is 0 Å². The van der Waals surface area contributed by atoms with E-state index in [2.05, 4.69) is 27.2 Å². The summed E-state index contributed by atoms with van der Waals surface area (Å²) in [5, 5.41) is 4.90. The number of anilines is 1. The third-order valence-electron chi connectivity index (χ3n) is 3.77. The van der Waals surface area contributed by atoms with Crippen molar-refractivity contribution in [1.82, 2.24) is 15.0 Å². The summed E-state index contributed by atoms with van der Waals surface area (Å²) in [5.41, 5.74) is 0. The van der Waals surface area contributed by atoms with Gasteiger partial charge in [0, 0.05) is 6.54 Å². The molecule has 0 saturated carbocycles. The molecule has 0 fully saturated rings. The highest BCUT2D eigenvalue weighted by Gasteiger charge is 2.04. The van der Waals surface area contributed by atoms with Gasteiger partial charge >= 0.3 is 0 Å². The first-order valence-corrected chi connectivity index (χ1v) is 11.3. The number of thioether (sulfide) groups is 2. The third kappa shape index (κ3) is 10.1. The highest BCUT2D eigenvalue weighted by molar-refractivity contribution is 7.99. The molecule has 1 rings (SSSR count). The molecule has 0 aromatic carbocycles. The molecule has 6 heteroatoms. The van der Waals surface area contributed by atoms with E-state index in [1.54, 1.807) is 23.5 Å². The molecule has 0 saturated heterocycles. The molecule has 0 aliphatic rings. The van der Waals surface area contributed by atoms with Crippen LogP contribution in [0.2, 0.25) is 0 Å². The second-order valence-corrected chi connectivity index (χ2v) is 7.29. The van der Waals surface area contributed by atoms with Gasteiger partial charge in [-0.1, -0.05) is 88.2 Å². The van der Waals surface area contributed by atoms with Crippen molar-refractivity contribution < 1.29 is 0 Å². The van der Waals surface area contributed by atoms with E-state index in [1.165, 1.54) is 64.2 Å². The van der Waals surface area contributed by atoms with Crippen LogP contribution in [-0.4, -0.2) is 34.0 Å². The van der Waals surface area contributed by atoms with Gasteiger partial charge in [-0.25, -0.2) is 0 Å². The number of nitrogens with zero attached hydrogens (tertiary/aromatic N) is 3. The van der Waals surface area contributed by atoms with Crippen LogP contribution in [0.5, 0.6) is 0 Å². The average molecular weight is 357 g/mol. The Bertz CT molecular complexity index is 393. The summed E-state index contributed by atoms with van der Waals surface area (Å²) in [6.07, 6.45) is 17.6. The largest absolute Gasteiger partial charge is 0.354 e. The maximum atomic E-state index is 4.40.